The second-order valence-corrected chi connectivity index (χ2v) is 7.28. The Kier molecular flexibility index (Phi) is 4.75. The summed E-state index contributed by atoms with van der Waals surface area (Å²) in [4.78, 5) is 10.7. The smallest absolute Gasteiger partial charge is 0.421 e. The van der Waals surface area contributed by atoms with Crippen LogP contribution in [0.4, 0.5) is 13.6 Å². The van der Waals surface area contributed by atoms with Gasteiger partial charge in [-0.15, -0.1) is 0 Å². The molecule has 1 rings (SSSR count). The molecule has 1 aromatic carbocycles. The van der Waals surface area contributed by atoms with Crippen LogP contribution in [-0.2, 0) is 14.8 Å². The van der Waals surface area contributed by atoms with Gasteiger partial charge < -0.3 is 4.74 Å². The van der Waals surface area contributed by atoms with Gasteiger partial charge in [-0.1, -0.05) is 0 Å². The number of carbonyl (C=O) groups excluding carboxylic acids is 1. The summed E-state index contributed by atoms with van der Waals surface area (Å²) in [6, 6.07) is 1.17. The molecule has 9 heteroatoms. The zero-order valence-electron chi connectivity index (χ0n) is 10.8. The number of sulfonamides is 1. The summed E-state index contributed by atoms with van der Waals surface area (Å²) in [6.45, 7) is 4.62. The third-order valence-electron chi connectivity index (χ3n) is 1.88. The lowest BCUT2D eigenvalue weighted by Gasteiger charge is -2.19. The quantitative estimate of drug-likeness (QED) is 0.811. The Hall–Kier alpha value is -1.22. The average Bonchev–Trinajstić information content (AvgIpc) is 2.21. The molecule has 0 radical (unpaired) electrons. The standard InChI is InChI=1S/C11H12BrF2NO4S/c1-11(2,3)19-10(16)15-20(17,18)6-4-7(13)9(12)8(14)5-6/h4-5H,1-3H3,(H,15,16). The zero-order chi connectivity index (χ0) is 15.7. The highest BCUT2D eigenvalue weighted by Crippen LogP contribution is 2.23. The first-order valence-corrected chi connectivity index (χ1v) is 7.60. The fourth-order valence-electron chi connectivity index (χ4n) is 1.15. The number of carbonyl (C=O) groups is 1. The Morgan fingerprint density at radius 3 is 2.10 bits per heavy atom. The van der Waals surface area contributed by atoms with Crippen molar-refractivity contribution in [3.05, 3.63) is 28.2 Å². The molecule has 0 atom stereocenters. The van der Waals surface area contributed by atoms with Gasteiger partial charge in [0.1, 0.15) is 17.2 Å². The van der Waals surface area contributed by atoms with E-state index < -0.39 is 42.7 Å². The minimum Gasteiger partial charge on any atom is -0.443 e. The van der Waals surface area contributed by atoms with E-state index in [4.69, 9.17) is 4.74 Å². The van der Waals surface area contributed by atoms with Gasteiger partial charge in [-0.25, -0.2) is 26.7 Å². The number of amides is 1. The molecule has 0 aliphatic heterocycles. The molecule has 112 valence electrons. The summed E-state index contributed by atoms with van der Waals surface area (Å²) in [6.07, 6.45) is -1.23. The molecule has 0 spiro atoms. The first kappa shape index (κ1) is 16.8. The number of halogens is 3. The van der Waals surface area contributed by atoms with Crippen LogP contribution in [0.25, 0.3) is 0 Å². The SMILES string of the molecule is CC(C)(C)OC(=O)NS(=O)(=O)c1cc(F)c(Br)c(F)c1. The second-order valence-electron chi connectivity index (χ2n) is 4.81. The normalized spacial score (nSPS) is 12.1. The summed E-state index contributed by atoms with van der Waals surface area (Å²) >= 11 is 2.61. The first-order valence-electron chi connectivity index (χ1n) is 5.33. The maximum atomic E-state index is 13.3. The van der Waals surface area contributed by atoms with Crippen LogP contribution < -0.4 is 4.72 Å². The molecule has 0 aliphatic carbocycles. The molecule has 1 aromatic rings. The van der Waals surface area contributed by atoms with E-state index >= 15 is 0 Å². The topological polar surface area (TPSA) is 72.5 Å². The summed E-state index contributed by atoms with van der Waals surface area (Å²) in [5.41, 5.74) is -0.907. The van der Waals surface area contributed by atoms with Crippen LogP contribution in [0, 0.1) is 11.6 Å². The summed E-state index contributed by atoms with van der Waals surface area (Å²) in [7, 11) is -4.42. The van der Waals surface area contributed by atoms with E-state index in [1.165, 1.54) is 20.8 Å². The Morgan fingerprint density at radius 2 is 1.70 bits per heavy atom. The van der Waals surface area contributed by atoms with Crippen molar-refractivity contribution in [1.82, 2.24) is 4.72 Å². The van der Waals surface area contributed by atoms with E-state index in [-0.39, 0.29) is 0 Å². The minimum atomic E-state index is -4.42. The molecule has 0 fully saturated rings. The van der Waals surface area contributed by atoms with Crippen molar-refractivity contribution in [2.24, 2.45) is 0 Å². The van der Waals surface area contributed by atoms with Crippen LogP contribution in [-0.4, -0.2) is 20.1 Å². The lowest BCUT2D eigenvalue weighted by atomic mass is 10.2. The number of hydrogen-bond acceptors (Lipinski definition) is 4. The van der Waals surface area contributed by atoms with Crippen LogP contribution in [0.2, 0.25) is 0 Å². The van der Waals surface area contributed by atoms with Crippen LogP contribution in [0.1, 0.15) is 20.8 Å². The highest BCUT2D eigenvalue weighted by molar-refractivity contribution is 9.10. The Balaban J connectivity index is 3.04. The van der Waals surface area contributed by atoms with Crippen LogP contribution in [0.3, 0.4) is 0 Å². The van der Waals surface area contributed by atoms with Gasteiger partial charge in [0.25, 0.3) is 10.0 Å². The van der Waals surface area contributed by atoms with Crippen molar-refractivity contribution in [2.75, 3.05) is 0 Å². The summed E-state index contributed by atoms with van der Waals surface area (Å²) in [5.74, 6) is -2.20. The Labute approximate surface area is 123 Å². The third kappa shape index (κ3) is 4.41. The molecule has 0 aliphatic rings. The molecule has 0 saturated carbocycles. The minimum absolute atomic E-state index is 0.492. The van der Waals surface area contributed by atoms with Crippen LogP contribution in [0.5, 0.6) is 0 Å². The van der Waals surface area contributed by atoms with E-state index in [0.29, 0.717) is 12.1 Å². The second kappa shape index (κ2) is 5.65. The predicted molar refractivity (Wildman–Crippen MR) is 70.6 cm³/mol. The van der Waals surface area contributed by atoms with E-state index in [9.17, 15) is 22.0 Å². The van der Waals surface area contributed by atoms with Gasteiger partial charge in [-0.05, 0) is 48.8 Å². The lowest BCUT2D eigenvalue weighted by Crippen LogP contribution is -2.36. The fourth-order valence-corrected chi connectivity index (χ4v) is 2.28. The zero-order valence-corrected chi connectivity index (χ0v) is 13.2. The average molecular weight is 372 g/mol. The number of hydrogen-bond donors (Lipinski definition) is 1. The third-order valence-corrected chi connectivity index (χ3v) is 3.93. The van der Waals surface area contributed by atoms with Gasteiger partial charge in [0.15, 0.2) is 0 Å². The fraction of sp³-hybridized carbons (Fsp3) is 0.364. The monoisotopic (exact) mass is 371 g/mol. The van der Waals surface area contributed by atoms with Crippen molar-refractivity contribution in [3.63, 3.8) is 0 Å². The van der Waals surface area contributed by atoms with Gasteiger partial charge >= 0.3 is 6.09 Å². The van der Waals surface area contributed by atoms with Crippen molar-refractivity contribution in [2.45, 2.75) is 31.3 Å². The first-order chi connectivity index (χ1) is 8.92. The van der Waals surface area contributed by atoms with Gasteiger partial charge in [-0.3, -0.25) is 0 Å². The Bertz CT molecular complexity index is 617. The lowest BCUT2D eigenvalue weighted by molar-refractivity contribution is 0.0570. The van der Waals surface area contributed by atoms with Crippen molar-refractivity contribution in [1.29, 1.82) is 0 Å². The number of benzene rings is 1. The molecular weight excluding hydrogens is 360 g/mol. The van der Waals surface area contributed by atoms with Gasteiger partial charge in [0.2, 0.25) is 0 Å². The molecule has 20 heavy (non-hydrogen) atoms. The van der Waals surface area contributed by atoms with Crippen LogP contribution >= 0.6 is 15.9 Å². The molecule has 0 bridgehead atoms. The van der Waals surface area contributed by atoms with Crippen molar-refractivity contribution >= 4 is 32.0 Å². The molecule has 0 aromatic heterocycles. The maximum absolute atomic E-state index is 13.3. The van der Waals surface area contributed by atoms with Crippen molar-refractivity contribution in [3.8, 4) is 0 Å². The number of ether oxygens (including phenoxy) is 1. The molecule has 0 heterocycles. The largest absolute Gasteiger partial charge is 0.443 e. The van der Waals surface area contributed by atoms with Crippen molar-refractivity contribution < 1.29 is 26.7 Å². The van der Waals surface area contributed by atoms with Crippen LogP contribution in [0.15, 0.2) is 21.5 Å². The van der Waals surface area contributed by atoms with E-state index in [0.717, 1.165) is 0 Å². The van der Waals surface area contributed by atoms with E-state index in [1.54, 1.807) is 4.72 Å². The van der Waals surface area contributed by atoms with E-state index in [2.05, 4.69) is 15.9 Å². The summed E-state index contributed by atoms with van der Waals surface area (Å²) < 4.78 is 56.0. The van der Waals surface area contributed by atoms with E-state index in [1.807, 2.05) is 0 Å². The van der Waals surface area contributed by atoms with Gasteiger partial charge in [0, 0.05) is 0 Å². The molecule has 5 nitrogen and oxygen atoms in total. The predicted octanol–water partition coefficient (Wildman–Crippen LogP) is 2.94. The molecule has 1 N–H and O–H groups in total. The molecule has 1 amide bonds. The summed E-state index contributed by atoms with van der Waals surface area (Å²) in [5, 5.41) is 0. The molecule has 0 unspecified atom stereocenters. The van der Waals surface area contributed by atoms with Gasteiger partial charge in [0.05, 0.1) is 9.37 Å². The maximum Gasteiger partial charge on any atom is 0.421 e. The molecular formula is C11H12BrF2NO4S. The Morgan fingerprint density at radius 1 is 1.25 bits per heavy atom. The number of nitrogens with one attached hydrogen (secondary N) is 1. The number of rotatable bonds is 2. The highest BCUT2D eigenvalue weighted by atomic mass is 79.9. The van der Waals surface area contributed by atoms with Gasteiger partial charge in [-0.2, -0.15) is 0 Å². The highest BCUT2D eigenvalue weighted by Gasteiger charge is 2.24. The molecule has 0 saturated heterocycles.